The molecule has 3 heterocycles. The van der Waals surface area contributed by atoms with Crippen LogP contribution in [0.1, 0.15) is 27.4 Å². The van der Waals surface area contributed by atoms with E-state index in [0.29, 0.717) is 10.7 Å². The summed E-state index contributed by atoms with van der Waals surface area (Å²) in [6, 6.07) is 21.1. The Morgan fingerprint density at radius 3 is 2.69 bits per heavy atom. The van der Waals surface area contributed by atoms with E-state index in [1.165, 1.54) is 11.3 Å². The first-order valence-electron chi connectivity index (χ1n) is 10.1. The van der Waals surface area contributed by atoms with Gasteiger partial charge in [0.2, 0.25) is 0 Å². The van der Waals surface area contributed by atoms with Crippen molar-refractivity contribution < 1.29 is 4.79 Å². The smallest absolute Gasteiger partial charge is 0.257 e. The van der Waals surface area contributed by atoms with E-state index in [1.807, 2.05) is 61.5 Å². The van der Waals surface area contributed by atoms with Crippen LogP contribution in [0.2, 0.25) is 0 Å². The molecule has 0 atom stereocenters. The van der Waals surface area contributed by atoms with Crippen molar-refractivity contribution in [2.75, 3.05) is 5.32 Å². The van der Waals surface area contributed by atoms with Crippen molar-refractivity contribution in [3.8, 4) is 10.4 Å². The van der Waals surface area contributed by atoms with Crippen LogP contribution in [0.3, 0.4) is 0 Å². The summed E-state index contributed by atoms with van der Waals surface area (Å²) in [7, 11) is 0. The van der Waals surface area contributed by atoms with Crippen LogP contribution < -0.4 is 5.32 Å². The Morgan fingerprint density at radius 2 is 1.88 bits per heavy atom. The minimum Gasteiger partial charge on any atom is -0.298 e. The number of carbonyl (C=O) groups is 1. The van der Waals surface area contributed by atoms with Crippen molar-refractivity contribution in [1.82, 2.24) is 20.2 Å². The lowest BCUT2D eigenvalue weighted by Crippen LogP contribution is -2.11. The number of aromatic nitrogens is 4. The highest BCUT2D eigenvalue weighted by Crippen LogP contribution is 2.34. The molecule has 0 aliphatic rings. The van der Waals surface area contributed by atoms with Crippen molar-refractivity contribution in [3.05, 3.63) is 95.6 Å². The third-order valence-corrected chi connectivity index (χ3v) is 6.13. The number of fused-ring (bicyclic) bond motifs is 1. The number of anilines is 1. The van der Waals surface area contributed by atoms with E-state index >= 15 is 0 Å². The molecule has 0 unspecified atom stereocenters. The second kappa shape index (κ2) is 8.56. The molecule has 156 valence electrons. The summed E-state index contributed by atoms with van der Waals surface area (Å²) in [6.45, 7) is 1.95. The largest absolute Gasteiger partial charge is 0.298 e. The fraction of sp³-hybridized carbons (Fsp3) is 0.0400. The molecular weight excluding hydrogens is 418 g/mol. The summed E-state index contributed by atoms with van der Waals surface area (Å²) in [4.78, 5) is 22.3. The van der Waals surface area contributed by atoms with Crippen LogP contribution in [-0.4, -0.2) is 26.1 Å². The normalized spacial score (nSPS) is 11.3. The molecule has 3 aromatic heterocycles. The number of H-pyrrole nitrogens is 1. The Balaban J connectivity index is 1.39. The van der Waals surface area contributed by atoms with Gasteiger partial charge in [-0.25, -0.2) is 4.98 Å². The number of amides is 1. The van der Waals surface area contributed by atoms with Gasteiger partial charge in [0.25, 0.3) is 5.91 Å². The standard InChI is InChI=1S/C25H19N5OS/c1-16-23(32-25(27-16)28-24(31)17-7-3-2-4-8-17)18-10-12-20-21(29-30-22(20)15-18)13-11-19-9-5-6-14-26-19/h2-15H,1H3,(H,29,30)(H,27,28,31)/b13-11+. The first-order valence-corrected chi connectivity index (χ1v) is 10.9. The Kier molecular flexibility index (Phi) is 5.31. The zero-order valence-electron chi connectivity index (χ0n) is 17.2. The predicted octanol–water partition coefficient (Wildman–Crippen LogP) is 5.81. The average molecular weight is 438 g/mol. The molecule has 0 saturated carbocycles. The Hall–Kier alpha value is -4.10. The molecule has 5 rings (SSSR count). The number of hydrogen-bond acceptors (Lipinski definition) is 5. The van der Waals surface area contributed by atoms with Crippen LogP contribution in [0.15, 0.2) is 72.9 Å². The lowest BCUT2D eigenvalue weighted by Gasteiger charge is -2.01. The summed E-state index contributed by atoms with van der Waals surface area (Å²) in [6.07, 6.45) is 5.66. The van der Waals surface area contributed by atoms with E-state index in [-0.39, 0.29) is 5.91 Å². The average Bonchev–Trinajstić information content (AvgIpc) is 3.41. The van der Waals surface area contributed by atoms with Gasteiger partial charge < -0.3 is 0 Å². The third-order valence-electron chi connectivity index (χ3n) is 5.01. The second-order valence-electron chi connectivity index (χ2n) is 7.21. The number of aromatic amines is 1. The van der Waals surface area contributed by atoms with Crippen LogP contribution in [-0.2, 0) is 0 Å². The first kappa shape index (κ1) is 19.8. The highest BCUT2D eigenvalue weighted by atomic mass is 32.1. The molecule has 6 nitrogen and oxygen atoms in total. The lowest BCUT2D eigenvalue weighted by atomic mass is 10.1. The number of carbonyl (C=O) groups excluding carboxylic acids is 1. The number of hydrogen-bond donors (Lipinski definition) is 2. The predicted molar refractivity (Wildman–Crippen MR) is 129 cm³/mol. The van der Waals surface area contributed by atoms with Crippen molar-refractivity contribution in [3.63, 3.8) is 0 Å². The van der Waals surface area contributed by atoms with Gasteiger partial charge in [-0.1, -0.05) is 41.7 Å². The summed E-state index contributed by atoms with van der Waals surface area (Å²) in [5.74, 6) is -0.167. The van der Waals surface area contributed by atoms with Crippen molar-refractivity contribution in [2.24, 2.45) is 0 Å². The van der Waals surface area contributed by atoms with Gasteiger partial charge in [0.15, 0.2) is 5.13 Å². The van der Waals surface area contributed by atoms with Gasteiger partial charge in [0, 0.05) is 17.1 Å². The zero-order valence-corrected chi connectivity index (χ0v) is 18.1. The van der Waals surface area contributed by atoms with Crippen molar-refractivity contribution in [1.29, 1.82) is 0 Å². The number of nitrogens with one attached hydrogen (secondary N) is 2. The number of aryl methyl sites for hydroxylation is 1. The van der Waals surface area contributed by atoms with Crippen LogP contribution in [0.25, 0.3) is 33.5 Å². The maximum atomic E-state index is 12.4. The fourth-order valence-corrected chi connectivity index (χ4v) is 4.38. The van der Waals surface area contributed by atoms with Gasteiger partial charge in [0.05, 0.1) is 27.5 Å². The van der Waals surface area contributed by atoms with Crippen LogP contribution in [0.5, 0.6) is 0 Å². The van der Waals surface area contributed by atoms with Gasteiger partial charge in [-0.3, -0.25) is 20.2 Å². The molecule has 0 aliphatic carbocycles. The minimum atomic E-state index is -0.167. The van der Waals surface area contributed by atoms with E-state index in [9.17, 15) is 4.79 Å². The molecular formula is C25H19N5OS. The Morgan fingerprint density at radius 1 is 1.03 bits per heavy atom. The van der Waals surface area contributed by atoms with Gasteiger partial charge in [0.1, 0.15) is 0 Å². The van der Waals surface area contributed by atoms with Gasteiger partial charge in [-0.2, -0.15) is 5.10 Å². The molecule has 7 heteroatoms. The topological polar surface area (TPSA) is 83.6 Å². The monoisotopic (exact) mass is 437 g/mol. The SMILES string of the molecule is Cc1nc(NC(=O)c2ccccc2)sc1-c1ccc2c(/C=C/c3ccccn3)n[nH]c2c1. The molecule has 0 spiro atoms. The molecule has 0 saturated heterocycles. The summed E-state index contributed by atoms with van der Waals surface area (Å²) in [5, 5.41) is 12.0. The van der Waals surface area contributed by atoms with E-state index in [4.69, 9.17) is 0 Å². The first-order chi connectivity index (χ1) is 15.7. The maximum absolute atomic E-state index is 12.4. The summed E-state index contributed by atoms with van der Waals surface area (Å²) in [5.41, 5.74) is 5.17. The van der Waals surface area contributed by atoms with Gasteiger partial charge >= 0.3 is 0 Å². The van der Waals surface area contributed by atoms with Crippen molar-refractivity contribution in [2.45, 2.75) is 6.92 Å². The minimum absolute atomic E-state index is 0.167. The molecule has 0 aliphatic heterocycles. The highest BCUT2D eigenvalue weighted by molar-refractivity contribution is 7.19. The van der Waals surface area contributed by atoms with E-state index < -0.39 is 0 Å². The van der Waals surface area contributed by atoms with Crippen molar-refractivity contribution >= 4 is 45.4 Å². The molecule has 5 aromatic rings. The van der Waals surface area contributed by atoms with Gasteiger partial charge in [-0.05, 0) is 61.0 Å². The molecule has 1 amide bonds. The van der Waals surface area contributed by atoms with Crippen LogP contribution >= 0.6 is 11.3 Å². The third kappa shape index (κ3) is 4.06. The van der Waals surface area contributed by atoms with E-state index in [1.54, 1.807) is 18.3 Å². The number of rotatable bonds is 5. The molecule has 2 aromatic carbocycles. The molecule has 2 N–H and O–H groups in total. The quantitative estimate of drug-likeness (QED) is 0.363. The molecule has 32 heavy (non-hydrogen) atoms. The molecule has 0 fully saturated rings. The van der Waals surface area contributed by atoms with E-state index in [2.05, 4.69) is 37.6 Å². The Labute approximate surface area is 188 Å². The number of thiazole rings is 1. The zero-order chi connectivity index (χ0) is 21.9. The Bertz CT molecular complexity index is 1420. The number of benzene rings is 2. The fourth-order valence-electron chi connectivity index (χ4n) is 3.42. The lowest BCUT2D eigenvalue weighted by molar-refractivity contribution is 0.102. The van der Waals surface area contributed by atoms with Crippen LogP contribution in [0, 0.1) is 6.92 Å². The summed E-state index contributed by atoms with van der Waals surface area (Å²) < 4.78 is 0. The van der Waals surface area contributed by atoms with Gasteiger partial charge in [-0.15, -0.1) is 0 Å². The maximum Gasteiger partial charge on any atom is 0.257 e. The number of nitrogens with zero attached hydrogens (tertiary/aromatic N) is 3. The second-order valence-corrected chi connectivity index (χ2v) is 8.21. The molecule has 0 radical (unpaired) electrons. The van der Waals surface area contributed by atoms with Crippen LogP contribution in [0.4, 0.5) is 5.13 Å². The molecule has 0 bridgehead atoms. The summed E-state index contributed by atoms with van der Waals surface area (Å²) >= 11 is 1.46. The highest BCUT2D eigenvalue weighted by Gasteiger charge is 2.14. The van der Waals surface area contributed by atoms with E-state index in [0.717, 1.165) is 38.4 Å². The number of pyridine rings is 1.